The molecule has 2 aromatic carbocycles. The minimum absolute atomic E-state index is 0.00232. The minimum atomic E-state index is -1.06. The van der Waals surface area contributed by atoms with Crippen molar-refractivity contribution in [2.75, 3.05) is 24.3 Å². The molecule has 8 nitrogen and oxygen atoms in total. The largest absolute Gasteiger partial charge is 0.449 e. The molecular weight excluding hydrogens is 350 g/mol. The van der Waals surface area contributed by atoms with E-state index in [4.69, 9.17) is 4.74 Å². The number of aryl methyl sites for hydroxylation is 1. The van der Waals surface area contributed by atoms with Gasteiger partial charge in [-0.05, 0) is 43.7 Å². The van der Waals surface area contributed by atoms with Crippen LogP contribution in [0, 0.1) is 17.0 Å². The smallest absolute Gasteiger partial charge is 0.339 e. The molecule has 1 amide bonds. The van der Waals surface area contributed by atoms with Gasteiger partial charge < -0.3 is 15.0 Å². The molecule has 0 bridgehead atoms. The zero-order valence-corrected chi connectivity index (χ0v) is 15.6. The maximum Gasteiger partial charge on any atom is 0.339 e. The Bertz CT molecular complexity index is 879. The lowest BCUT2D eigenvalue weighted by Gasteiger charge is -2.15. The number of nitrogens with zero attached hydrogens (tertiary/aromatic N) is 2. The molecule has 0 saturated heterocycles. The van der Waals surface area contributed by atoms with Gasteiger partial charge in [0.05, 0.1) is 10.5 Å². The Morgan fingerprint density at radius 3 is 2.48 bits per heavy atom. The summed E-state index contributed by atoms with van der Waals surface area (Å²) in [5.74, 6) is -1.30. The highest BCUT2D eigenvalue weighted by atomic mass is 16.6. The zero-order valence-electron chi connectivity index (χ0n) is 15.6. The maximum atomic E-state index is 12.3. The molecule has 0 saturated carbocycles. The lowest BCUT2D eigenvalue weighted by Crippen LogP contribution is -2.30. The third-order valence-electron chi connectivity index (χ3n) is 3.83. The molecule has 0 aliphatic heterocycles. The molecule has 2 aromatic rings. The summed E-state index contributed by atoms with van der Waals surface area (Å²) >= 11 is 0. The molecular formula is C19H21N3O5. The molecule has 0 aromatic heterocycles. The number of amides is 1. The first-order valence-corrected chi connectivity index (χ1v) is 8.23. The molecule has 0 aliphatic rings. The van der Waals surface area contributed by atoms with Crippen molar-refractivity contribution >= 4 is 28.9 Å². The fraction of sp³-hybridized carbons (Fsp3) is 0.263. The number of hydrogen-bond donors (Lipinski definition) is 1. The quantitative estimate of drug-likeness (QED) is 0.475. The van der Waals surface area contributed by atoms with Crippen LogP contribution in [-0.4, -0.2) is 37.0 Å². The summed E-state index contributed by atoms with van der Waals surface area (Å²) in [5, 5.41) is 13.9. The Kier molecular flexibility index (Phi) is 6.12. The second-order valence-corrected chi connectivity index (χ2v) is 6.26. The van der Waals surface area contributed by atoms with Gasteiger partial charge in [0.15, 0.2) is 6.10 Å². The van der Waals surface area contributed by atoms with E-state index in [0.717, 1.165) is 11.6 Å². The van der Waals surface area contributed by atoms with E-state index in [0.29, 0.717) is 11.4 Å². The average Bonchev–Trinajstić information content (AvgIpc) is 2.60. The topological polar surface area (TPSA) is 102 Å². The van der Waals surface area contributed by atoms with Gasteiger partial charge in [-0.25, -0.2) is 4.79 Å². The van der Waals surface area contributed by atoms with Crippen molar-refractivity contribution in [3.05, 3.63) is 63.7 Å². The predicted molar refractivity (Wildman–Crippen MR) is 102 cm³/mol. The van der Waals surface area contributed by atoms with Gasteiger partial charge in [-0.2, -0.15) is 0 Å². The standard InChI is InChI=1S/C19H21N3O5/c1-12-6-5-7-15(10-12)20-18(23)13(2)27-19(24)14-8-9-16(21(3)4)17(11-14)22(25)26/h5-11,13H,1-4H3,(H,20,23)/t13-/m0/s1. The number of anilines is 2. The Morgan fingerprint density at radius 1 is 1.19 bits per heavy atom. The number of benzene rings is 2. The first kappa shape index (κ1) is 19.9. The van der Waals surface area contributed by atoms with E-state index in [1.165, 1.54) is 19.1 Å². The van der Waals surface area contributed by atoms with Crippen molar-refractivity contribution in [3.8, 4) is 0 Å². The Morgan fingerprint density at radius 2 is 1.89 bits per heavy atom. The van der Waals surface area contributed by atoms with E-state index < -0.39 is 22.9 Å². The minimum Gasteiger partial charge on any atom is -0.449 e. The number of hydrogen-bond acceptors (Lipinski definition) is 6. The van der Waals surface area contributed by atoms with Crippen LogP contribution < -0.4 is 10.2 Å². The predicted octanol–water partition coefficient (Wildman–Crippen LogP) is 3.15. The number of ether oxygens (including phenoxy) is 1. The van der Waals surface area contributed by atoms with E-state index in [1.807, 2.05) is 13.0 Å². The average molecular weight is 371 g/mol. The van der Waals surface area contributed by atoms with Gasteiger partial charge >= 0.3 is 5.97 Å². The van der Waals surface area contributed by atoms with Gasteiger partial charge in [-0.3, -0.25) is 14.9 Å². The van der Waals surface area contributed by atoms with E-state index in [1.54, 1.807) is 37.2 Å². The maximum absolute atomic E-state index is 12.3. The summed E-state index contributed by atoms with van der Waals surface area (Å²) in [5.41, 5.74) is 1.72. The van der Waals surface area contributed by atoms with Crippen LogP contribution in [0.1, 0.15) is 22.8 Å². The molecule has 0 aliphatic carbocycles. The summed E-state index contributed by atoms with van der Waals surface area (Å²) in [6.45, 7) is 3.33. The SMILES string of the molecule is Cc1cccc(NC(=O)[C@H](C)OC(=O)c2ccc(N(C)C)c([N+](=O)[O-])c2)c1. The van der Waals surface area contributed by atoms with Crippen molar-refractivity contribution in [2.45, 2.75) is 20.0 Å². The summed E-state index contributed by atoms with van der Waals surface area (Å²) < 4.78 is 5.15. The van der Waals surface area contributed by atoms with Crippen LogP contribution in [0.15, 0.2) is 42.5 Å². The van der Waals surface area contributed by atoms with Crippen LogP contribution in [0.5, 0.6) is 0 Å². The summed E-state index contributed by atoms with van der Waals surface area (Å²) in [6, 6.07) is 11.2. The van der Waals surface area contributed by atoms with Gasteiger partial charge in [0.1, 0.15) is 5.69 Å². The van der Waals surface area contributed by atoms with E-state index in [-0.39, 0.29) is 11.3 Å². The summed E-state index contributed by atoms with van der Waals surface area (Å²) in [7, 11) is 3.33. The first-order valence-electron chi connectivity index (χ1n) is 8.23. The second kappa shape index (κ2) is 8.31. The molecule has 27 heavy (non-hydrogen) atoms. The summed E-state index contributed by atoms with van der Waals surface area (Å²) in [4.78, 5) is 36.7. The normalized spacial score (nSPS) is 11.4. The number of nitro benzene ring substituents is 1. The van der Waals surface area contributed by atoms with E-state index in [2.05, 4.69) is 5.32 Å². The lowest BCUT2D eigenvalue weighted by molar-refractivity contribution is -0.384. The fourth-order valence-electron chi connectivity index (χ4n) is 2.42. The van der Waals surface area contributed by atoms with Crippen molar-refractivity contribution < 1.29 is 19.2 Å². The van der Waals surface area contributed by atoms with Crippen molar-refractivity contribution in [3.63, 3.8) is 0 Å². The van der Waals surface area contributed by atoms with Gasteiger partial charge in [0.2, 0.25) is 0 Å². The monoisotopic (exact) mass is 371 g/mol. The van der Waals surface area contributed by atoms with Crippen molar-refractivity contribution in [2.24, 2.45) is 0 Å². The van der Waals surface area contributed by atoms with Gasteiger partial charge in [0.25, 0.3) is 11.6 Å². The fourth-order valence-corrected chi connectivity index (χ4v) is 2.42. The lowest BCUT2D eigenvalue weighted by atomic mass is 10.1. The van der Waals surface area contributed by atoms with Crippen molar-refractivity contribution in [1.29, 1.82) is 0 Å². The highest BCUT2D eigenvalue weighted by molar-refractivity contribution is 5.97. The number of rotatable bonds is 6. The molecule has 8 heteroatoms. The molecule has 0 heterocycles. The molecule has 0 unspecified atom stereocenters. The number of carbonyl (C=O) groups is 2. The van der Waals surface area contributed by atoms with E-state index >= 15 is 0 Å². The molecule has 0 spiro atoms. The van der Waals surface area contributed by atoms with Crippen LogP contribution in [-0.2, 0) is 9.53 Å². The number of nitrogens with one attached hydrogen (secondary N) is 1. The number of nitro groups is 1. The highest BCUT2D eigenvalue weighted by Gasteiger charge is 2.23. The molecule has 142 valence electrons. The number of esters is 1. The van der Waals surface area contributed by atoms with Gasteiger partial charge in [-0.1, -0.05) is 12.1 Å². The van der Waals surface area contributed by atoms with Crippen LogP contribution in [0.25, 0.3) is 0 Å². The molecule has 0 fully saturated rings. The Balaban J connectivity index is 2.10. The molecule has 0 radical (unpaired) electrons. The number of carbonyl (C=O) groups excluding carboxylic acids is 2. The van der Waals surface area contributed by atoms with Crippen LogP contribution in [0.3, 0.4) is 0 Å². The summed E-state index contributed by atoms with van der Waals surface area (Å²) in [6.07, 6.45) is -1.06. The van der Waals surface area contributed by atoms with Crippen LogP contribution in [0.2, 0.25) is 0 Å². The third kappa shape index (κ3) is 5.04. The van der Waals surface area contributed by atoms with Crippen molar-refractivity contribution in [1.82, 2.24) is 0 Å². The van der Waals surface area contributed by atoms with Crippen LogP contribution in [0.4, 0.5) is 17.1 Å². The second-order valence-electron chi connectivity index (χ2n) is 6.26. The third-order valence-corrected chi connectivity index (χ3v) is 3.83. The first-order chi connectivity index (χ1) is 12.7. The zero-order chi connectivity index (χ0) is 20.1. The molecule has 1 N–H and O–H groups in total. The highest BCUT2D eigenvalue weighted by Crippen LogP contribution is 2.28. The molecule has 2 rings (SSSR count). The Hall–Kier alpha value is -3.42. The van der Waals surface area contributed by atoms with Gasteiger partial charge in [0, 0.05) is 25.8 Å². The van der Waals surface area contributed by atoms with E-state index in [9.17, 15) is 19.7 Å². The van der Waals surface area contributed by atoms with Crippen LogP contribution >= 0.6 is 0 Å². The molecule has 1 atom stereocenters. The van der Waals surface area contributed by atoms with Gasteiger partial charge in [-0.15, -0.1) is 0 Å². The Labute approximate surface area is 156 Å².